The van der Waals surface area contributed by atoms with Crippen LogP contribution in [0.25, 0.3) is 10.9 Å². The van der Waals surface area contributed by atoms with E-state index < -0.39 is 53.8 Å². The highest BCUT2D eigenvalue weighted by atomic mass is 16.4. The van der Waals surface area contributed by atoms with Crippen molar-refractivity contribution in [1.82, 2.24) is 20.9 Å². The standard InChI is InChI=1S/C25H36N6O6/c1-13(2)10-17(26)22(33)31-20(11-15-12-28-18-7-5-4-6-16(15)18)24(35)30-19(8-9-21(27)32)23(34)29-14(3)25(36)37/h4-7,12-14,17,19-20,28H,8-11,26H2,1-3H3,(H2,27,32)(H,29,34)(H,30,35)(H,31,33)(H,36,37). The van der Waals surface area contributed by atoms with Crippen LogP contribution in [0.15, 0.2) is 30.5 Å². The number of aromatic nitrogens is 1. The maximum absolute atomic E-state index is 13.4. The van der Waals surface area contributed by atoms with Gasteiger partial charge in [0, 0.05) is 29.9 Å². The lowest BCUT2D eigenvalue weighted by Crippen LogP contribution is -2.57. The van der Waals surface area contributed by atoms with Crippen LogP contribution in [-0.2, 0) is 30.4 Å². The number of rotatable bonds is 14. The van der Waals surface area contributed by atoms with Gasteiger partial charge in [-0.15, -0.1) is 0 Å². The van der Waals surface area contributed by atoms with Gasteiger partial charge in [-0.25, -0.2) is 0 Å². The van der Waals surface area contributed by atoms with E-state index in [0.717, 1.165) is 16.5 Å². The van der Waals surface area contributed by atoms with Gasteiger partial charge in [0.25, 0.3) is 0 Å². The first kappa shape index (κ1) is 29.3. The minimum Gasteiger partial charge on any atom is -0.480 e. The molecule has 9 N–H and O–H groups in total. The van der Waals surface area contributed by atoms with Crippen molar-refractivity contribution < 1.29 is 29.1 Å². The Morgan fingerprint density at radius 1 is 0.946 bits per heavy atom. The van der Waals surface area contributed by atoms with Crippen LogP contribution in [0.2, 0.25) is 0 Å². The predicted octanol–water partition coefficient (Wildman–Crippen LogP) is -0.0918. The van der Waals surface area contributed by atoms with Crippen molar-refractivity contribution in [3.63, 3.8) is 0 Å². The van der Waals surface area contributed by atoms with Crippen molar-refractivity contribution in [2.24, 2.45) is 17.4 Å². The van der Waals surface area contributed by atoms with Gasteiger partial charge in [-0.1, -0.05) is 32.0 Å². The second-order valence-corrected chi connectivity index (χ2v) is 9.50. The molecule has 2 rings (SSSR count). The van der Waals surface area contributed by atoms with E-state index in [2.05, 4.69) is 20.9 Å². The van der Waals surface area contributed by atoms with Gasteiger partial charge < -0.3 is 37.5 Å². The fraction of sp³-hybridized carbons (Fsp3) is 0.480. The number of hydrogen-bond donors (Lipinski definition) is 7. The van der Waals surface area contributed by atoms with Crippen LogP contribution in [0.1, 0.15) is 45.6 Å². The number of aromatic amines is 1. The van der Waals surface area contributed by atoms with E-state index in [1.165, 1.54) is 6.92 Å². The molecule has 1 aromatic heterocycles. The first-order valence-electron chi connectivity index (χ1n) is 12.1. The van der Waals surface area contributed by atoms with Crippen LogP contribution in [0.3, 0.4) is 0 Å². The molecule has 1 aromatic carbocycles. The summed E-state index contributed by atoms with van der Waals surface area (Å²) in [4.78, 5) is 64.5. The number of nitrogens with two attached hydrogens (primary N) is 2. The molecule has 0 saturated heterocycles. The van der Waals surface area contributed by atoms with Crippen LogP contribution in [-0.4, -0.2) is 63.9 Å². The lowest BCUT2D eigenvalue weighted by molar-refractivity contribution is -0.142. The molecule has 0 aliphatic carbocycles. The Kier molecular flexibility index (Phi) is 10.6. The Balaban J connectivity index is 2.29. The molecule has 4 atom stereocenters. The maximum atomic E-state index is 13.4. The van der Waals surface area contributed by atoms with Crippen LogP contribution in [0.4, 0.5) is 0 Å². The largest absolute Gasteiger partial charge is 0.480 e. The molecule has 4 amide bonds. The van der Waals surface area contributed by atoms with Crippen LogP contribution < -0.4 is 27.4 Å². The first-order valence-corrected chi connectivity index (χ1v) is 12.1. The van der Waals surface area contributed by atoms with E-state index in [0.29, 0.717) is 6.42 Å². The predicted molar refractivity (Wildman–Crippen MR) is 137 cm³/mol. The van der Waals surface area contributed by atoms with E-state index in [1.807, 2.05) is 38.1 Å². The number of primary amides is 1. The summed E-state index contributed by atoms with van der Waals surface area (Å²) in [5, 5.41) is 17.5. The molecular weight excluding hydrogens is 480 g/mol. The fourth-order valence-electron chi connectivity index (χ4n) is 3.83. The summed E-state index contributed by atoms with van der Waals surface area (Å²) in [7, 11) is 0. The van der Waals surface area contributed by atoms with E-state index in [1.54, 1.807) is 6.20 Å². The summed E-state index contributed by atoms with van der Waals surface area (Å²) in [6.45, 7) is 5.11. The van der Waals surface area contributed by atoms with E-state index in [4.69, 9.17) is 16.6 Å². The van der Waals surface area contributed by atoms with Gasteiger partial charge >= 0.3 is 5.97 Å². The summed E-state index contributed by atoms with van der Waals surface area (Å²) >= 11 is 0. The summed E-state index contributed by atoms with van der Waals surface area (Å²) in [6.07, 6.45) is 1.85. The van der Waals surface area contributed by atoms with Crippen molar-refractivity contribution >= 4 is 40.5 Å². The highest BCUT2D eigenvalue weighted by molar-refractivity contribution is 5.95. The third kappa shape index (κ3) is 8.90. The number of benzene rings is 1. The molecule has 0 aliphatic heterocycles. The maximum Gasteiger partial charge on any atom is 0.325 e. The number of aliphatic carboxylic acids is 1. The molecule has 202 valence electrons. The van der Waals surface area contributed by atoms with Gasteiger partial charge in [0.15, 0.2) is 0 Å². The molecule has 2 aromatic rings. The normalized spacial score (nSPS) is 14.4. The van der Waals surface area contributed by atoms with E-state index >= 15 is 0 Å². The Morgan fingerprint density at radius 3 is 2.19 bits per heavy atom. The van der Waals surface area contributed by atoms with E-state index in [9.17, 15) is 24.0 Å². The van der Waals surface area contributed by atoms with Gasteiger partial charge in [0.05, 0.1) is 6.04 Å². The zero-order valence-electron chi connectivity index (χ0n) is 21.2. The van der Waals surface area contributed by atoms with Crippen LogP contribution in [0, 0.1) is 5.92 Å². The van der Waals surface area contributed by atoms with Crippen molar-refractivity contribution in [2.75, 3.05) is 0 Å². The molecule has 12 nitrogen and oxygen atoms in total. The molecular formula is C25H36N6O6. The monoisotopic (exact) mass is 516 g/mol. The molecule has 0 saturated carbocycles. The molecule has 0 bridgehead atoms. The number of carbonyl (C=O) groups excluding carboxylic acids is 4. The summed E-state index contributed by atoms with van der Waals surface area (Å²) < 4.78 is 0. The lowest BCUT2D eigenvalue weighted by atomic mass is 10.0. The van der Waals surface area contributed by atoms with Crippen molar-refractivity contribution in [1.29, 1.82) is 0 Å². The first-order chi connectivity index (χ1) is 17.4. The number of fused-ring (bicyclic) bond motifs is 1. The lowest BCUT2D eigenvalue weighted by Gasteiger charge is -2.25. The summed E-state index contributed by atoms with van der Waals surface area (Å²) in [5.74, 6) is -3.81. The number of amides is 4. The van der Waals surface area contributed by atoms with Gasteiger partial charge in [0.2, 0.25) is 23.6 Å². The molecule has 0 spiro atoms. The third-order valence-corrected chi connectivity index (χ3v) is 5.84. The number of hydrogen-bond acceptors (Lipinski definition) is 6. The Bertz CT molecular complexity index is 1130. The highest BCUT2D eigenvalue weighted by Crippen LogP contribution is 2.19. The van der Waals surface area contributed by atoms with Crippen molar-refractivity contribution in [2.45, 2.75) is 70.6 Å². The second-order valence-electron chi connectivity index (χ2n) is 9.50. The van der Waals surface area contributed by atoms with Crippen LogP contribution in [0.5, 0.6) is 0 Å². The Labute approximate surface area is 214 Å². The smallest absolute Gasteiger partial charge is 0.325 e. The number of para-hydroxylation sites is 1. The minimum absolute atomic E-state index is 0.0890. The third-order valence-electron chi connectivity index (χ3n) is 5.84. The highest BCUT2D eigenvalue weighted by Gasteiger charge is 2.30. The number of carboxylic acid groups (broad SMARTS) is 1. The average Bonchev–Trinajstić information content (AvgIpc) is 3.23. The van der Waals surface area contributed by atoms with Gasteiger partial charge in [-0.2, -0.15) is 0 Å². The van der Waals surface area contributed by atoms with Crippen molar-refractivity contribution in [3.8, 4) is 0 Å². The number of carbonyl (C=O) groups is 5. The zero-order chi connectivity index (χ0) is 27.7. The molecule has 12 heteroatoms. The quantitative estimate of drug-likeness (QED) is 0.181. The minimum atomic E-state index is -1.27. The van der Waals surface area contributed by atoms with Crippen molar-refractivity contribution in [3.05, 3.63) is 36.0 Å². The molecule has 37 heavy (non-hydrogen) atoms. The SMILES string of the molecule is CC(C)CC(N)C(=O)NC(Cc1c[nH]c2ccccc12)C(=O)NC(CCC(N)=O)C(=O)NC(C)C(=O)O. The molecule has 4 unspecified atom stereocenters. The van der Waals surface area contributed by atoms with Crippen LogP contribution >= 0.6 is 0 Å². The van der Waals surface area contributed by atoms with Gasteiger partial charge in [-0.05, 0) is 37.3 Å². The molecule has 0 radical (unpaired) electrons. The zero-order valence-corrected chi connectivity index (χ0v) is 21.2. The number of H-pyrrole nitrogens is 1. The number of nitrogens with one attached hydrogen (secondary N) is 4. The van der Waals surface area contributed by atoms with Gasteiger partial charge in [0.1, 0.15) is 18.1 Å². The summed E-state index contributed by atoms with van der Waals surface area (Å²) in [5.41, 5.74) is 12.8. The molecule has 1 heterocycles. The second kappa shape index (κ2) is 13.4. The Morgan fingerprint density at radius 2 is 1.57 bits per heavy atom. The Hall–Kier alpha value is -3.93. The number of carboxylic acids is 1. The molecule has 0 aliphatic rings. The topological polar surface area (TPSA) is 209 Å². The summed E-state index contributed by atoms with van der Waals surface area (Å²) in [6, 6.07) is 3.02. The fourth-order valence-corrected chi connectivity index (χ4v) is 3.83. The van der Waals surface area contributed by atoms with Gasteiger partial charge in [-0.3, -0.25) is 24.0 Å². The molecule has 0 fully saturated rings. The average molecular weight is 517 g/mol. The van der Waals surface area contributed by atoms with E-state index in [-0.39, 0.29) is 25.2 Å².